The highest BCUT2D eigenvalue weighted by Crippen LogP contribution is 2.06. The Labute approximate surface area is 103 Å². The number of hydrogen-bond donors (Lipinski definition) is 2. The van der Waals surface area contributed by atoms with E-state index in [0.717, 1.165) is 25.0 Å². The van der Waals surface area contributed by atoms with Gasteiger partial charge in [-0.1, -0.05) is 45.4 Å². The normalized spacial score (nSPS) is 10.6. The molecular formula is C13H23NO3. The molecule has 2 N–H and O–H groups in total. The van der Waals surface area contributed by atoms with Crippen LogP contribution in [0.2, 0.25) is 0 Å². The Kier molecular flexibility index (Phi) is 10.3. The van der Waals surface area contributed by atoms with E-state index < -0.39 is 5.97 Å². The quantitative estimate of drug-likeness (QED) is 0.456. The molecule has 4 heteroatoms. The van der Waals surface area contributed by atoms with E-state index in [1.807, 2.05) is 0 Å². The lowest BCUT2D eigenvalue weighted by atomic mass is 10.1. The van der Waals surface area contributed by atoms with Gasteiger partial charge in [-0.15, -0.1) is 0 Å². The predicted molar refractivity (Wildman–Crippen MR) is 67.8 cm³/mol. The third-order valence-electron chi connectivity index (χ3n) is 2.46. The minimum absolute atomic E-state index is 0.335. The van der Waals surface area contributed by atoms with Crippen molar-refractivity contribution in [1.82, 2.24) is 5.32 Å². The number of carboxylic acids is 1. The summed E-state index contributed by atoms with van der Waals surface area (Å²) >= 11 is 0. The van der Waals surface area contributed by atoms with Gasteiger partial charge in [-0.25, -0.2) is 4.79 Å². The highest BCUT2D eigenvalue weighted by atomic mass is 16.4. The van der Waals surface area contributed by atoms with Gasteiger partial charge < -0.3 is 10.4 Å². The highest BCUT2D eigenvalue weighted by Gasteiger charge is 1.96. The predicted octanol–water partition coefficient (Wildman–Crippen LogP) is 2.49. The first-order chi connectivity index (χ1) is 8.16. The molecule has 4 nitrogen and oxygen atoms in total. The molecule has 0 spiro atoms. The second-order valence-corrected chi connectivity index (χ2v) is 4.08. The molecule has 0 saturated carbocycles. The van der Waals surface area contributed by atoms with Crippen molar-refractivity contribution in [3.8, 4) is 0 Å². The summed E-state index contributed by atoms with van der Waals surface area (Å²) < 4.78 is 0. The van der Waals surface area contributed by atoms with Crippen molar-refractivity contribution >= 4 is 11.9 Å². The Morgan fingerprint density at radius 1 is 1.00 bits per heavy atom. The lowest BCUT2D eigenvalue weighted by Crippen LogP contribution is -2.22. The van der Waals surface area contributed by atoms with Crippen LogP contribution in [0.15, 0.2) is 12.2 Å². The first kappa shape index (κ1) is 15.7. The third-order valence-corrected chi connectivity index (χ3v) is 2.46. The van der Waals surface area contributed by atoms with Crippen LogP contribution in [0.25, 0.3) is 0 Å². The first-order valence-electron chi connectivity index (χ1n) is 6.35. The number of rotatable bonds is 10. The summed E-state index contributed by atoms with van der Waals surface area (Å²) in [5, 5.41) is 11.0. The van der Waals surface area contributed by atoms with E-state index in [1.54, 1.807) is 0 Å². The van der Waals surface area contributed by atoms with Gasteiger partial charge in [0.2, 0.25) is 5.91 Å². The fourth-order valence-electron chi connectivity index (χ4n) is 1.50. The molecule has 0 saturated heterocycles. The SMILES string of the molecule is CCCCCCCCCNC(=O)C=CC(=O)O. The number of carboxylic acid groups (broad SMARTS) is 1. The van der Waals surface area contributed by atoms with Gasteiger partial charge in [-0.2, -0.15) is 0 Å². The van der Waals surface area contributed by atoms with E-state index in [0.29, 0.717) is 6.54 Å². The smallest absolute Gasteiger partial charge is 0.328 e. The van der Waals surface area contributed by atoms with E-state index in [-0.39, 0.29) is 5.91 Å². The lowest BCUT2D eigenvalue weighted by molar-refractivity contribution is -0.131. The Morgan fingerprint density at radius 2 is 1.59 bits per heavy atom. The van der Waals surface area contributed by atoms with Crippen LogP contribution in [0.4, 0.5) is 0 Å². The van der Waals surface area contributed by atoms with E-state index in [9.17, 15) is 9.59 Å². The second-order valence-electron chi connectivity index (χ2n) is 4.08. The molecule has 0 fully saturated rings. The molecule has 0 aromatic heterocycles. The largest absolute Gasteiger partial charge is 0.478 e. The zero-order valence-electron chi connectivity index (χ0n) is 10.6. The summed E-state index contributed by atoms with van der Waals surface area (Å²) in [6, 6.07) is 0. The van der Waals surface area contributed by atoms with E-state index in [2.05, 4.69) is 12.2 Å². The van der Waals surface area contributed by atoms with Crippen molar-refractivity contribution < 1.29 is 14.7 Å². The van der Waals surface area contributed by atoms with E-state index in [1.165, 1.54) is 32.1 Å². The van der Waals surface area contributed by atoms with Gasteiger partial charge in [0.15, 0.2) is 0 Å². The van der Waals surface area contributed by atoms with Crippen LogP contribution >= 0.6 is 0 Å². The molecule has 0 aromatic carbocycles. The van der Waals surface area contributed by atoms with Gasteiger partial charge in [-0.3, -0.25) is 4.79 Å². The van der Waals surface area contributed by atoms with Crippen LogP contribution < -0.4 is 5.32 Å². The number of aliphatic carboxylic acids is 1. The molecule has 0 aliphatic rings. The molecule has 98 valence electrons. The van der Waals surface area contributed by atoms with Crippen molar-refractivity contribution in [2.75, 3.05) is 6.54 Å². The van der Waals surface area contributed by atoms with Crippen LogP contribution in [0, 0.1) is 0 Å². The Morgan fingerprint density at radius 3 is 2.18 bits per heavy atom. The van der Waals surface area contributed by atoms with Crippen molar-refractivity contribution in [1.29, 1.82) is 0 Å². The topological polar surface area (TPSA) is 66.4 Å². The Balaban J connectivity index is 3.28. The van der Waals surface area contributed by atoms with Gasteiger partial charge in [0.25, 0.3) is 0 Å². The zero-order valence-corrected chi connectivity index (χ0v) is 10.6. The molecule has 0 bridgehead atoms. The molecular weight excluding hydrogens is 218 g/mol. The van der Waals surface area contributed by atoms with E-state index >= 15 is 0 Å². The monoisotopic (exact) mass is 241 g/mol. The molecule has 0 unspecified atom stereocenters. The number of hydrogen-bond acceptors (Lipinski definition) is 2. The summed E-state index contributed by atoms with van der Waals surface area (Å²) in [6.07, 6.45) is 10.3. The summed E-state index contributed by atoms with van der Waals surface area (Å²) in [5.41, 5.74) is 0. The number of carbonyl (C=O) groups is 2. The molecule has 0 aliphatic carbocycles. The maximum atomic E-state index is 11.1. The van der Waals surface area contributed by atoms with Gasteiger partial charge in [-0.05, 0) is 6.42 Å². The minimum atomic E-state index is -1.10. The van der Waals surface area contributed by atoms with Crippen LogP contribution in [0.3, 0.4) is 0 Å². The van der Waals surface area contributed by atoms with Crippen molar-refractivity contribution in [2.45, 2.75) is 51.9 Å². The van der Waals surface area contributed by atoms with Crippen LogP contribution in [-0.4, -0.2) is 23.5 Å². The fourth-order valence-corrected chi connectivity index (χ4v) is 1.50. The van der Waals surface area contributed by atoms with Crippen molar-refractivity contribution in [2.24, 2.45) is 0 Å². The summed E-state index contributed by atoms with van der Waals surface area (Å²) in [5.74, 6) is -1.44. The summed E-state index contributed by atoms with van der Waals surface area (Å²) in [6.45, 7) is 2.82. The van der Waals surface area contributed by atoms with Gasteiger partial charge in [0, 0.05) is 18.7 Å². The number of nitrogens with one attached hydrogen (secondary N) is 1. The standard InChI is InChI=1S/C13H23NO3/c1-2-3-4-5-6-7-8-11-14-12(15)9-10-13(16)17/h9-10H,2-8,11H2,1H3,(H,14,15)(H,16,17). The van der Waals surface area contributed by atoms with Crippen molar-refractivity contribution in [3.05, 3.63) is 12.2 Å². The minimum Gasteiger partial charge on any atom is -0.478 e. The molecule has 1 amide bonds. The van der Waals surface area contributed by atoms with Crippen molar-refractivity contribution in [3.63, 3.8) is 0 Å². The highest BCUT2D eigenvalue weighted by molar-refractivity contribution is 5.93. The molecule has 0 aromatic rings. The van der Waals surface area contributed by atoms with E-state index in [4.69, 9.17) is 5.11 Å². The van der Waals surface area contributed by atoms with Crippen LogP contribution in [0.1, 0.15) is 51.9 Å². The fraction of sp³-hybridized carbons (Fsp3) is 0.692. The summed E-state index contributed by atoms with van der Waals surface area (Å²) in [7, 11) is 0. The Hall–Kier alpha value is -1.32. The average Bonchev–Trinajstić information content (AvgIpc) is 2.30. The number of carbonyl (C=O) groups excluding carboxylic acids is 1. The molecule has 0 rings (SSSR count). The van der Waals surface area contributed by atoms with Crippen LogP contribution in [0.5, 0.6) is 0 Å². The maximum Gasteiger partial charge on any atom is 0.328 e. The third kappa shape index (κ3) is 12.6. The molecule has 0 aliphatic heterocycles. The van der Waals surface area contributed by atoms with Crippen LogP contribution in [-0.2, 0) is 9.59 Å². The van der Waals surface area contributed by atoms with Gasteiger partial charge in [0.1, 0.15) is 0 Å². The average molecular weight is 241 g/mol. The second kappa shape index (κ2) is 11.2. The maximum absolute atomic E-state index is 11.1. The summed E-state index contributed by atoms with van der Waals surface area (Å²) in [4.78, 5) is 21.2. The Bertz CT molecular complexity index is 249. The number of unbranched alkanes of at least 4 members (excludes halogenated alkanes) is 6. The number of amides is 1. The first-order valence-corrected chi connectivity index (χ1v) is 6.35. The van der Waals surface area contributed by atoms with Gasteiger partial charge in [0.05, 0.1) is 0 Å². The molecule has 0 atom stereocenters. The molecule has 17 heavy (non-hydrogen) atoms. The lowest BCUT2D eigenvalue weighted by Gasteiger charge is -2.02. The zero-order chi connectivity index (χ0) is 12.9. The molecule has 0 radical (unpaired) electrons. The van der Waals surface area contributed by atoms with Gasteiger partial charge >= 0.3 is 5.97 Å². The molecule has 0 heterocycles.